The van der Waals surface area contributed by atoms with E-state index in [1.165, 1.54) is 16.8 Å². The molecule has 26 heavy (non-hydrogen) atoms. The summed E-state index contributed by atoms with van der Waals surface area (Å²) >= 11 is 0. The molecule has 2 aromatic rings. The van der Waals surface area contributed by atoms with Crippen LogP contribution in [0.4, 0.5) is 5.69 Å². The normalized spacial score (nSPS) is 10.7. The first-order valence-electron chi connectivity index (χ1n) is 8.46. The fourth-order valence-corrected chi connectivity index (χ4v) is 2.44. The number of nitrogens with one attached hydrogen (secondary N) is 2. The number of halogens is 1. The molecule has 2 aromatic carbocycles. The van der Waals surface area contributed by atoms with Crippen LogP contribution < -0.4 is 20.3 Å². The number of hydrogen-bond acceptors (Lipinski definition) is 3. The van der Waals surface area contributed by atoms with Crippen molar-refractivity contribution in [2.45, 2.75) is 13.0 Å². The van der Waals surface area contributed by atoms with Crippen molar-refractivity contribution in [3.05, 3.63) is 59.7 Å². The molecule has 142 valence electrons. The summed E-state index contributed by atoms with van der Waals surface area (Å²) < 4.78 is 5.17. The van der Waals surface area contributed by atoms with Crippen molar-refractivity contribution in [1.82, 2.24) is 10.6 Å². The minimum Gasteiger partial charge on any atom is -0.497 e. The van der Waals surface area contributed by atoms with Crippen LogP contribution in [-0.2, 0) is 13.0 Å². The highest BCUT2D eigenvalue weighted by molar-refractivity contribution is 14.0. The highest BCUT2D eigenvalue weighted by Crippen LogP contribution is 2.12. The molecule has 0 spiro atoms. The lowest BCUT2D eigenvalue weighted by atomic mass is 10.1. The average molecular weight is 468 g/mol. The second-order valence-electron chi connectivity index (χ2n) is 6.01. The number of nitrogens with zero attached hydrogens (tertiary/aromatic N) is 2. The Balaban J connectivity index is 0.00000338. The molecule has 0 amide bonds. The monoisotopic (exact) mass is 468 g/mol. The van der Waals surface area contributed by atoms with E-state index >= 15 is 0 Å². The summed E-state index contributed by atoms with van der Waals surface area (Å²) in [5.41, 5.74) is 3.71. The predicted molar refractivity (Wildman–Crippen MR) is 121 cm³/mol. The Morgan fingerprint density at radius 1 is 0.962 bits per heavy atom. The molecule has 0 aliphatic rings. The summed E-state index contributed by atoms with van der Waals surface area (Å²) in [5, 5.41) is 6.68. The van der Waals surface area contributed by atoms with Crippen molar-refractivity contribution in [3.63, 3.8) is 0 Å². The summed E-state index contributed by atoms with van der Waals surface area (Å²) in [4.78, 5) is 6.37. The van der Waals surface area contributed by atoms with E-state index < -0.39 is 0 Å². The molecule has 0 unspecified atom stereocenters. The van der Waals surface area contributed by atoms with E-state index in [1.807, 2.05) is 24.3 Å². The lowest BCUT2D eigenvalue weighted by Crippen LogP contribution is -2.37. The Kier molecular flexibility index (Phi) is 9.87. The summed E-state index contributed by atoms with van der Waals surface area (Å²) in [5.74, 6) is 1.67. The third-order valence-corrected chi connectivity index (χ3v) is 4.00. The van der Waals surface area contributed by atoms with E-state index in [-0.39, 0.29) is 24.0 Å². The molecule has 0 aromatic heterocycles. The van der Waals surface area contributed by atoms with Gasteiger partial charge in [0.15, 0.2) is 5.96 Å². The predicted octanol–water partition coefficient (Wildman–Crippen LogP) is 3.29. The van der Waals surface area contributed by atoms with Gasteiger partial charge >= 0.3 is 0 Å². The third-order valence-electron chi connectivity index (χ3n) is 4.00. The molecule has 0 bridgehead atoms. The zero-order valence-electron chi connectivity index (χ0n) is 16.0. The van der Waals surface area contributed by atoms with Crippen molar-refractivity contribution >= 4 is 35.6 Å². The lowest BCUT2D eigenvalue weighted by molar-refractivity contribution is 0.414. The fraction of sp³-hybridized carbons (Fsp3) is 0.350. The topological polar surface area (TPSA) is 48.9 Å². The number of rotatable bonds is 7. The van der Waals surface area contributed by atoms with Gasteiger partial charge in [0.2, 0.25) is 0 Å². The van der Waals surface area contributed by atoms with Gasteiger partial charge in [0.1, 0.15) is 5.75 Å². The molecule has 0 saturated heterocycles. The van der Waals surface area contributed by atoms with Gasteiger partial charge < -0.3 is 20.3 Å². The zero-order chi connectivity index (χ0) is 18.1. The minimum atomic E-state index is 0. The summed E-state index contributed by atoms with van der Waals surface area (Å²) in [6, 6.07) is 16.7. The summed E-state index contributed by atoms with van der Waals surface area (Å²) in [6.07, 6.45) is 0.955. The maximum atomic E-state index is 5.17. The van der Waals surface area contributed by atoms with Crippen LogP contribution in [0.25, 0.3) is 0 Å². The molecule has 0 saturated carbocycles. The average Bonchev–Trinajstić information content (AvgIpc) is 2.65. The minimum absolute atomic E-state index is 0. The molecule has 0 fully saturated rings. The molecular formula is C20H29IN4O. The van der Waals surface area contributed by atoms with Gasteiger partial charge in [0.05, 0.1) is 7.11 Å². The highest BCUT2D eigenvalue weighted by atomic mass is 127. The number of ether oxygens (including phenoxy) is 1. The molecule has 0 radical (unpaired) electrons. The van der Waals surface area contributed by atoms with E-state index in [9.17, 15) is 0 Å². The molecule has 0 atom stereocenters. The number of aliphatic imine (C=N–C) groups is 1. The second-order valence-corrected chi connectivity index (χ2v) is 6.01. The van der Waals surface area contributed by atoms with Crippen LogP contribution in [0, 0.1) is 0 Å². The van der Waals surface area contributed by atoms with Crippen molar-refractivity contribution < 1.29 is 4.74 Å². The standard InChI is InChI=1S/C20H28N4O.HI/c1-21-20(23-15-17-7-11-19(25-4)12-8-17)22-14-13-16-5-9-18(10-6-16)24(2)3;/h5-12H,13-15H2,1-4H3,(H2,21,22,23);1H. The van der Waals surface area contributed by atoms with Crippen molar-refractivity contribution in [2.75, 3.05) is 39.7 Å². The van der Waals surface area contributed by atoms with Crippen LogP contribution in [-0.4, -0.2) is 40.8 Å². The first-order chi connectivity index (χ1) is 12.1. The Bertz CT molecular complexity index is 669. The van der Waals surface area contributed by atoms with Crippen molar-refractivity contribution in [3.8, 4) is 5.75 Å². The van der Waals surface area contributed by atoms with Crippen LogP contribution in [0.2, 0.25) is 0 Å². The van der Waals surface area contributed by atoms with E-state index in [2.05, 4.69) is 58.9 Å². The molecule has 0 aliphatic carbocycles. The van der Waals surface area contributed by atoms with E-state index in [0.717, 1.165) is 31.2 Å². The van der Waals surface area contributed by atoms with Crippen molar-refractivity contribution in [2.24, 2.45) is 4.99 Å². The molecule has 5 nitrogen and oxygen atoms in total. The Morgan fingerprint density at radius 2 is 1.58 bits per heavy atom. The van der Waals surface area contributed by atoms with Crippen LogP contribution in [0.15, 0.2) is 53.5 Å². The second kappa shape index (κ2) is 11.6. The number of hydrogen-bond donors (Lipinski definition) is 2. The smallest absolute Gasteiger partial charge is 0.191 e. The van der Waals surface area contributed by atoms with E-state index in [1.54, 1.807) is 14.2 Å². The zero-order valence-corrected chi connectivity index (χ0v) is 18.3. The van der Waals surface area contributed by atoms with Gasteiger partial charge in [0.25, 0.3) is 0 Å². The number of guanidine groups is 1. The van der Waals surface area contributed by atoms with E-state index in [4.69, 9.17) is 4.74 Å². The van der Waals surface area contributed by atoms with Crippen LogP contribution in [0.5, 0.6) is 5.75 Å². The van der Waals surface area contributed by atoms with Crippen LogP contribution in [0.3, 0.4) is 0 Å². The number of anilines is 1. The Labute approximate surface area is 173 Å². The lowest BCUT2D eigenvalue weighted by Gasteiger charge is -2.14. The molecule has 0 heterocycles. The molecule has 0 aliphatic heterocycles. The fourth-order valence-electron chi connectivity index (χ4n) is 2.44. The van der Waals surface area contributed by atoms with Crippen molar-refractivity contribution in [1.29, 1.82) is 0 Å². The van der Waals surface area contributed by atoms with Gasteiger partial charge in [-0.25, -0.2) is 0 Å². The quantitative estimate of drug-likeness (QED) is 0.372. The van der Waals surface area contributed by atoms with E-state index in [0.29, 0.717) is 0 Å². The summed E-state index contributed by atoms with van der Waals surface area (Å²) in [6.45, 7) is 1.56. The first kappa shape index (κ1) is 22.1. The first-order valence-corrected chi connectivity index (χ1v) is 8.46. The number of methoxy groups -OCH3 is 1. The molecule has 2 rings (SSSR count). The maximum Gasteiger partial charge on any atom is 0.191 e. The van der Waals surface area contributed by atoms with Gasteiger partial charge in [-0.2, -0.15) is 0 Å². The highest BCUT2D eigenvalue weighted by Gasteiger charge is 2.00. The van der Waals surface area contributed by atoms with Crippen LogP contribution in [0.1, 0.15) is 11.1 Å². The Morgan fingerprint density at radius 3 is 2.12 bits per heavy atom. The maximum absolute atomic E-state index is 5.17. The number of benzene rings is 2. The van der Waals surface area contributed by atoms with Crippen LogP contribution >= 0.6 is 24.0 Å². The Hall–Kier alpha value is -1.96. The molecule has 6 heteroatoms. The van der Waals surface area contributed by atoms with Gasteiger partial charge in [-0.15, -0.1) is 24.0 Å². The van der Waals surface area contributed by atoms with Gasteiger partial charge in [0, 0.05) is 39.9 Å². The van der Waals surface area contributed by atoms with Gasteiger partial charge in [-0.05, 0) is 41.8 Å². The molecule has 2 N–H and O–H groups in total. The van der Waals surface area contributed by atoms with Gasteiger partial charge in [-0.3, -0.25) is 4.99 Å². The summed E-state index contributed by atoms with van der Waals surface area (Å²) in [7, 11) is 7.56. The largest absolute Gasteiger partial charge is 0.497 e. The SMILES string of the molecule is CN=C(NCCc1ccc(N(C)C)cc1)NCc1ccc(OC)cc1.I. The third kappa shape index (κ3) is 7.11. The molecular weight excluding hydrogens is 439 g/mol. The van der Waals surface area contributed by atoms with Gasteiger partial charge in [-0.1, -0.05) is 24.3 Å².